The molecule has 0 radical (unpaired) electrons. The van der Waals surface area contributed by atoms with Crippen LogP contribution < -0.4 is 15.8 Å². The molecule has 0 heterocycles. The fraction of sp³-hybridized carbons (Fsp3) is 0.429. The monoisotopic (exact) mass is 280 g/mol. The van der Waals surface area contributed by atoms with Crippen molar-refractivity contribution in [2.24, 2.45) is 5.73 Å². The van der Waals surface area contributed by atoms with Crippen LogP contribution in [0.2, 0.25) is 0 Å². The maximum absolute atomic E-state index is 11.6. The van der Waals surface area contributed by atoms with E-state index in [1.165, 1.54) is 7.11 Å². The molecule has 1 aromatic carbocycles. The largest absolute Gasteiger partial charge is 0.491 e. The summed E-state index contributed by atoms with van der Waals surface area (Å²) in [6.45, 7) is 2.73. The van der Waals surface area contributed by atoms with E-state index in [-0.39, 0.29) is 18.9 Å². The Labute approximate surface area is 118 Å². The van der Waals surface area contributed by atoms with Gasteiger partial charge in [-0.1, -0.05) is 6.92 Å². The van der Waals surface area contributed by atoms with Crippen LogP contribution in [0, 0.1) is 0 Å². The summed E-state index contributed by atoms with van der Waals surface area (Å²) in [4.78, 5) is 23.1. The van der Waals surface area contributed by atoms with Crippen molar-refractivity contribution < 1.29 is 19.1 Å². The molecule has 0 aliphatic carbocycles. The molecule has 0 aliphatic heterocycles. The first kappa shape index (κ1) is 16.0. The van der Waals surface area contributed by atoms with Gasteiger partial charge in [0.15, 0.2) is 0 Å². The normalized spacial score (nSPS) is 9.95. The Morgan fingerprint density at radius 1 is 1.35 bits per heavy atom. The van der Waals surface area contributed by atoms with Crippen molar-refractivity contribution in [2.75, 3.05) is 25.6 Å². The van der Waals surface area contributed by atoms with E-state index in [2.05, 4.69) is 10.1 Å². The molecule has 1 amide bonds. The number of hydrogen-bond acceptors (Lipinski definition) is 5. The van der Waals surface area contributed by atoms with Crippen LogP contribution in [0.15, 0.2) is 18.2 Å². The Morgan fingerprint density at radius 3 is 2.70 bits per heavy atom. The van der Waals surface area contributed by atoms with Gasteiger partial charge >= 0.3 is 5.97 Å². The number of benzene rings is 1. The van der Waals surface area contributed by atoms with Crippen LogP contribution in [0.4, 0.5) is 5.69 Å². The van der Waals surface area contributed by atoms with Crippen LogP contribution in [-0.4, -0.2) is 32.1 Å². The molecule has 20 heavy (non-hydrogen) atoms. The number of carbonyl (C=O) groups excluding carboxylic acids is 2. The Hall–Kier alpha value is -2.08. The molecule has 6 heteroatoms. The van der Waals surface area contributed by atoms with Gasteiger partial charge in [-0.2, -0.15) is 0 Å². The van der Waals surface area contributed by atoms with E-state index < -0.39 is 5.97 Å². The minimum absolute atomic E-state index is 0.195. The van der Waals surface area contributed by atoms with Crippen molar-refractivity contribution in [1.82, 2.24) is 0 Å². The number of anilines is 1. The second-order valence-electron chi connectivity index (χ2n) is 4.14. The summed E-state index contributed by atoms with van der Waals surface area (Å²) in [6, 6.07) is 4.74. The Morgan fingerprint density at radius 2 is 2.10 bits per heavy atom. The average Bonchev–Trinajstić information content (AvgIpc) is 2.45. The van der Waals surface area contributed by atoms with Gasteiger partial charge in [0.25, 0.3) is 0 Å². The SMILES string of the molecule is CCCOc1cc(C(=O)OC)ccc1NC(=O)CCN. The number of rotatable bonds is 7. The van der Waals surface area contributed by atoms with Gasteiger partial charge in [0.1, 0.15) is 5.75 Å². The fourth-order valence-corrected chi connectivity index (χ4v) is 1.55. The molecule has 0 aliphatic rings. The summed E-state index contributed by atoms with van der Waals surface area (Å²) in [5.41, 5.74) is 6.22. The molecule has 1 aromatic rings. The first-order valence-corrected chi connectivity index (χ1v) is 6.47. The van der Waals surface area contributed by atoms with Gasteiger partial charge in [-0.25, -0.2) is 4.79 Å². The fourth-order valence-electron chi connectivity index (χ4n) is 1.55. The first-order chi connectivity index (χ1) is 9.62. The lowest BCUT2D eigenvalue weighted by Crippen LogP contribution is -2.17. The summed E-state index contributed by atoms with van der Waals surface area (Å²) >= 11 is 0. The van der Waals surface area contributed by atoms with E-state index in [0.29, 0.717) is 23.6 Å². The van der Waals surface area contributed by atoms with Crippen LogP contribution >= 0.6 is 0 Å². The number of esters is 1. The quantitative estimate of drug-likeness (QED) is 0.739. The zero-order valence-electron chi connectivity index (χ0n) is 11.8. The highest BCUT2D eigenvalue weighted by Crippen LogP contribution is 2.26. The number of carbonyl (C=O) groups is 2. The topological polar surface area (TPSA) is 90.6 Å². The number of methoxy groups -OCH3 is 1. The second-order valence-corrected chi connectivity index (χ2v) is 4.14. The predicted molar refractivity (Wildman–Crippen MR) is 75.9 cm³/mol. The molecule has 0 saturated carbocycles. The minimum Gasteiger partial charge on any atom is -0.491 e. The molecular weight excluding hydrogens is 260 g/mol. The maximum Gasteiger partial charge on any atom is 0.337 e. The Bertz CT molecular complexity index is 474. The van der Waals surface area contributed by atoms with Gasteiger partial charge < -0.3 is 20.5 Å². The molecule has 0 aromatic heterocycles. The van der Waals surface area contributed by atoms with Crippen molar-refractivity contribution in [3.63, 3.8) is 0 Å². The maximum atomic E-state index is 11.6. The highest BCUT2D eigenvalue weighted by atomic mass is 16.5. The molecular formula is C14H20N2O4. The number of amides is 1. The van der Waals surface area contributed by atoms with Crippen LogP contribution in [0.5, 0.6) is 5.75 Å². The zero-order chi connectivity index (χ0) is 15.0. The van der Waals surface area contributed by atoms with E-state index in [4.69, 9.17) is 10.5 Å². The van der Waals surface area contributed by atoms with Crippen molar-refractivity contribution >= 4 is 17.6 Å². The summed E-state index contributed by atoms with van der Waals surface area (Å²) in [5, 5.41) is 2.71. The number of ether oxygens (including phenoxy) is 2. The van der Waals surface area contributed by atoms with Gasteiger partial charge in [-0.3, -0.25) is 4.79 Å². The summed E-state index contributed by atoms with van der Waals surface area (Å²) in [7, 11) is 1.31. The highest BCUT2D eigenvalue weighted by Gasteiger charge is 2.12. The molecule has 6 nitrogen and oxygen atoms in total. The van der Waals surface area contributed by atoms with Gasteiger partial charge in [0, 0.05) is 13.0 Å². The lowest BCUT2D eigenvalue weighted by molar-refractivity contribution is -0.116. The van der Waals surface area contributed by atoms with Crippen molar-refractivity contribution in [2.45, 2.75) is 19.8 Å². The van der Waals surface area contributed by atoms with Crippen LogP contribution in [-0.2, 0) is 9.53 Å². The van der Waals surface area contributed by atoms with Gasteiger partial charge in [-0.15, -0.1) is 0 Å². The van der Waals surface area contributed by atoms with Crippen molar-refractivity contribution in [3.8, 4) is 5.75 Å². The van der Waals surface area contributed by atoms with Crippen LogP contribution in [0.1, 0.15) is 30.1 Å². The average molecular weight is 280 g/mol. The van der Waals surface area contributed by atoms with E-state index in [0.717, 1.165) is 6.42 Å². The molecule has 0 bridgehead atoms. The summed E-state index contributed by atoms with van der Waals surface area (Å²) in [5.74, 6) is -0.203. The Kier molecular flexibility index (Phi) is 6.52. The third-order valence-corrected chi connectivity index (χ3v) is 2.51. The lowest BCUT2D eigenvalue weighted by atomic mass is 10.2. The standard InChI is InChI=1S/C14H20N2O4/c1-3-8-20-12-9-10(14(18)19-2)4-5-11(12)16-13(17)6-7-15/h4-5,9H,3,6-8,15H2,1-2H3,(H,16,17). The number of nitrogens with one attached hydrogen (secondary N) is 1. The molecule has 3 N–H and O–H groups in total. The number of nitrogens with two attached hydrogens (primary N) is 1. The zero-order valence-corrected chi connectivity index (χ0v) is 11.8. The molecule has 0 atom stereocenters. The predicted octanol–water partition coefficient (Wildman–Crippen LogP) is 1.55. The van der Waals surface area contributed by atoms with Crippen LogP contribution in [0.25, 0.3) is 0 Å². The molecule has 0 fully saturated rings. The molecule has 0 unspecified atom stereocenters. The number of hydrogen-bond donors (Lipinski definition) is 2. The summed E-state index contributed by atoms with van der Waals surface area (Å²) in [6.07, 6.45) is 1.05. The van der Waals surface area contributed by atoms with E-state index >= 15 is 0 Å². The van der Waals surface area contributed by atoms with Crippen molar-refractivity contribution in [1.29, 1.82) is 0 Å². The minimum atomic E-state index is -0.453. The molecule has 0 spiro atoms. The van der Waals surface area contributed by atoms with E-state index in [9.17, 15) is 9.59 Å². The smallest absolute Gasteiger partial charge is 0.337 e. The molecule has 110 valence electrons. The summed E-state index contributed by atoms with van der Waals surface area (Å²) < 4.78 is 10.2. The third kappa shape index (κ3) is 4.55. The van der Waals surface area contributed by atoms with Gasteiger partial charge in [0.2, 0.25) is 5.91 Å². The van der Waals surface area contributed by atoms with E-state index in [1.54, 1.807) is 18.2 Å². The molecule has 1 rings (SSSR count). The Balaban J connectivity index is 2.96. The van der Waals surface area contributed by atoms with E-state index in [1.807, 2.05) is 6.92 Å². The second kappa shape index (κ2) is 8.16. The third-order valence-electron chi connectivity index (χ3n) is 2.51. The lowest BCUT2D eigenvalue weighted by Gasteiger charge is -2.13. The highest BCUT2D eigenvalue weighted by molar-refractivity contribution is 5.95. The van der Waals surface area contributed by atoms with Gasteiger partial charge in [0.05, 0.1) is 25.0 Å². The van der Waals surface area contributed by atoms with Crippen LogP contribution in [0.3, 0.4) is 0 Å². The van der Waals surface area contributed by atoms with Crippen molar-refractivity contribution in [3.05, 3.63) is 23.8 Å². The first-order valence-electron chi connectivity index (χ1n) is 6.47. The molecule has 0 saturated heterocycles. The van der Waals surface area contributed by atoms with Gasteiger partial charge in [-0.05, 0) is 24.6 Å².